The monoisotopic (exact) mass is 695 g/mol. The Morgan fingerprint density at radius 2 is 1.12 bits per heavy atom. The molecule has 0 amide bonds. The highest BCUT2D eigenvalue weighted by Gasteiger charge is 2.13. The van der Waals surface area contributed by atoms with E-state index < -0.39 is 0 Å². The van der Waals surface area contributed by atoms with E-state index in [2.05, 4.69) is 183 Å². The molecule has 0 saturated carbocycles. The van der Waals surface area contributed by atoms with E-state index in [1.165, 1.54) is 57.9 Å². The molecule has 2 heteroatoms. The van der Waals surface area contributed by atoms with Crippen LogP contribution in [0.5, 0.6) is 5.75 Å². The molecule has 0 aliphatic heterocycles. The maximum absolute atomic E-state index is 5.77. The number of benzene rings is 4. The molecule has 0 atom stereocenters. The molecule has 0 spiro atoms. The number of ether oxygens (including phenoxy) is 2. The predicted molar refractivity (Wildman–Crippen MR) is 226 cm³/mol. The summed E-state index contributed by atoms with van der Waals surface area (Å²) in [5.41, 5.74) is 7.69. The fraction of sp³-hybridized carbons (Fsp3) is 0.551. The molecule has 4 aromatic carbocycles. The molecule has 0 unspecified atom stereocenters. The van der Waals surface area contributed by atoms with Gasteiger partial charge in [-0.15, -0.1) is 0 Å². The minimum Gasteiger partial charge on any atom is -0.494 e. The molecule has 0 saturated heterocycles. The van der Waals surface area contributed by atoms with Crippen molar-refractivity contribution < 1.29 is 9.47 Å². The van der Waals surface area contributed by atoms with Gasteiger partial charge in [-0.2, -0.15) is 0 Å². The lowest BCUT2D eigenvalue weighted by molar-refractivity contribution is -0.0149. The smallest absolute Gasteiger partial charge is 0.119 e. The van der Waals surface area contributed by atoms with Gasteiger partial charge in [-0.3, -0.25) is 0 Å². The predicted octanol–water partition coefficient (Wildman–Crippen LogP) is 15.1. The van der Waals surface area contributed by atoms with E-state index in [4.69, 9.17) is 9.47 Å². The molecule has 0 radical (unpaired) electrons. The van der Waals surface area contributed by atoms with Crippen LogP contribution in [-0.2, 0) is 17.8 Å². The van der Waals surface area contributed by atoms with Gasteiger partial charge in [0.05, 0.1) is 18.8 Å². The van der Waals surface area contributed by atoms with Crippen molar-refractivity contribution in [2.45, 2.75) is 160 Å². The van der Waals surface area contributed by atoms with Crippen molar-refractivity contribution >= 4 is 10.8 Å². The first-order valence-electron chi connectivity index (χ1n) is 19.6. The highest BCUT2D eigenvalue weighted by atomic mass is 16.5. The molecule has 2 nitrogen and oxygen atoms in total. The van der Waals surface area contributed by atoms with Crippen molar-refractivity contribution in [2.24, 2.45) is 10.8 Å². The third-order valence-electron chi connectivity index (χ3n) is 8.94. The van der Waals surface area contributed by atoms with Crippen molar-refractivity contribution in [3.63, 3.8) is 0 Å². The fourth-order valence-electron chi connectivity index (χ4n) is 5.55. The fourth-order valence-corrected chi connectivity index (χ4v) is 5.55. The maximum atomic E-state index is 5.77. The summed E-state index contributed by atoms with van der Waals surface area (Å²) in [5, 5.41) is 2.83. The lowest BCUT2D eigenvalue weighted by Crippen LogP contribution is -2.18. The molecular formula is C49H74O2. The molecule has 0 heterocycles. The van der Waals surface area contributed by atoms with E-state index in [1.54, 1.807) is 0 Å². The van der Waals surface area contributed by atoms with Crippen LogP contribution in [-0.4, -0.2) is 12.2 Å². The van der Waals surface area contributed by atoms with E-state index in [0.29, 0.717) is 35.2 Å². The van der Waals surface area contributed by atoms with E-state index in [9.17, 15) is 0 Å². The summed E-state index contributed by atoms with van der Waals surface area (Å²) >= 11 is 0. The third-order valence-corrected chi connectivity index (χ3v) is 8.94. The Balaban J connectivity index is 0.000000269. The Morgan fingerprint density at radius 3 is 1.69 bits per heavy atom. The minimum absolute atomic E-state index is 0.0617. The zero-order chi connectivity index (χ0) is 38.4. The normalized spacial score (nSPS) is 12.1. The molecule has 4 rings (SSSR count). The molecule has 0 aliphatic rings. The van der Waals surface area contributed by atoms with Gasteiger partial charge in [0.2, 0.25) is 0 Å². The number of hydrogen-bond acceptors (Lipinski definition) is 2. The van der Waals surface area contributed by atoms with Crippen LogP contribution >= 0.6 is 0 Å². The number of rotatable bonds is 11. The zero-order valence-electron chi connectivity index (χ0n) is 35.4. The summed E-state index contributed by atoms with van der Waals surface area (Å²) in [4.78, 5) is 0. The van der Waals surface area contributed by atoms with Gasteiger partial charge in [-0.1, -0.05) is 156 Å². The summed E-state index contributed by atoms with van der Waals surface area (Å²) in [7, 11) is 0. The topological polar surface area (TPSA) is 18.5 Å². The van der Waals surface area contributed by atoms with Gasteiger partial charge in [-0.05, 0) is 126 Å². The van der Waals surface area contributed by atoms with Crippen LogP contribution in [0.1, 0.15) is 169 Å². The van der Waals surface area contributed by atoms with Crippen LogP contribution in [0, 0.1) is 10.8 Å². The first-order chi connectivity index (χ1) is 23.6. The van der Waals surface area contributed by atoms with Gasteiger partial charge in [0.15, 0.2) is 0 Å². The summed E-state index contributed by atoms with van der Waals surface area (Å²) in [6, 6.07) is 30.6. The Kier molecular flexibility index (Phi) is 17.5. The van der Waals surface area contributed by atoms with Crippen molar-refractivity contribution in [3.8, 4) is 5.75 Å². The first-order valence-corrected chi connectivity index (χ1v) is 19.6. The second-order valence-corrected chi connectivity index (χ2v) is 18.7. The zero-order valence-corrected chi connectivity index (χ0v) is 35.4. The molecule has 282 valence electrons. The average molecular weight is 695 g/mol. The highest BCUT2D eigenvalue weighted by molar-refractivity contribution is 5.86. The molecule has 0 aromatic heterocycles. The summed E-state index contributed by atoms with van der Waals surface area (Å²) in [6.45, 7) is 34.8. The van der Waals surface area contributed by atoms with Crippen LogP contribution in [0.25, 0.3) is 10.8 Å². The van der Waals surface area contributed by atoms with Gasteiger partial charge in [0.1, 0.15) is 5.75 Å². The number of fused-ring (bicyclic) bond motifs is 1. The van der Waals surface area contributed by atoms with Gasteiger partial charge >= 0.3 is 0 Å². The van der Waals surface area contributed by atoms with Crippen molar-refractivity contribution in [1.82, 2.24) is 0 Å². The van der Waals surface area contributed by atoms with Crippen LogP contribution in [0.15, 0.2) is 84.9 Å². The lowest BCUT2D eigenvalue weighted by atomic mass is 9.87. The first kappa shape index (κ1) is 44.1. The highest BCUT2D eigenvalue weighted by Crippen LogP contribution is 2.29. The van der Waals surface area contributed by atoms with Crippen molar-refractivity contribution in [2.75, 3.05) is 6.61 Å². The Morgan fingerprint density at radius 1 is 0.549 bits per heavy atom. The van der Waals surface area contributed by atoms with E-state index >= 15 is 0 Å². The number of hydrogen-bond donors (Lipinski definition) is 0. The van der Waals surface area contributed by atoms with Crippen molar-refractivity contribution in [3.05, 3.63) is 113 Å². The Labute approximate surface area is 314 Å². The van der Waals surface area contributed by atoms with E-state index in [1.807, 2.05) is 6.07 Å². The van der Waals surface area contributed by atoms with Crippen molar-refractivity contribution in [1.29, 1.82) is 0 Å². The SMILES string of the molecule is CC(C)c1cc(CCCC(C)(C)C)c2ccccc2c1.CC(C)c1cccc(COC(C)(C)C)c1.CC(C)c1cccc(OCCC(C)(C)C)c1. The summed E-state index contributed by atoms with van der Waals surface area (Å²) in [6.07, 6.45) is 4.83. The largest absolute Gasteiger partial charge is 0.494 e. The average Bonchev–Trinajstić information content (AvgIpc) is 3.03. The second kappa shape index (κ2) is 20.2. The summed E-state index contributed by atoms with van der Waals surface area (Å²) in [5.74, 6) is 2.74. The Hall–Kier alpha value is -3.10. The molecule has 0 bridgehead atoms. The van der Waals surface area contributed by atoms with Crippen LogP contribution < -0.4 is 4.74 Å². The second-order valence-electron chi connectivity index (χ2n) is 18.7. The molecule has 0 aliphatic carbocycles. The van der Waals surface area contributed by atoms with Gasteiger partial charge in [-0.25, -0.2) is 0 Å². The maximum Gasteiger partial charge on any atom is 0.119 e. The molecule has 51 heavy (non-hydrogen) atoms. The van der Waals surface area contributed by atoms with Crippen LogP contribution in [0.3, 0.4) is 0 Å². The van der Waals surface area contributed by atoms with E-state index in [-0.39, 0.29) is 5.60 Å². The van der Waals surface area contributed by atoms with Gasteiger partial charge in [0, 0.05) is 0 Å². The quantitative estimate of drug-likeness (QED) is 0.156. The van der Waals surface area contributed by atoms with Gasteiger partial charge < -0.3 is 9.47 Å². The molecule has 4 aromatic rings. The lowest BCUT2D eigenvalue weighted by Gasteiger charge is -2.20. The van der Waals surface area contributed by atoms with Gasteiger partial charge in [0.25, 0.3) is 0 Å². The standard InChI is InChI=1S/C20H28.C15H24O.C14H22O/c1-15(2)18-13-16-9-6-7-11-19(16)17(14-18)10-8-12-20(3,4)5;1-12(2)13-7-6-8-14(11-13)16-10-9-15(3,4)5;1-11(2)13-8-6-7-12(9-13)10-15-14(3,4)5/h6-7,9,11,13-15H,8,10,12H2,1-5H3;6-8,11-12H,9-10H2,1-5H3;6-9,11H,10H2,1-5H3. The summed E-state index contributed by atoms with van der Waals surface area (Å²) < 4.78 is 11.5. The molecule has 0 N–H and O–H groups in total. The molecule has 0 fully saturated rings. The third kappa shape index (κ3) is 18.3. The van der Waals surface area contributed by atoms with Crippen LogP contribution in [0.2, 0.25) is 0 Å². The van der Waals surface area contributed by atoms with Crippen LogP contribution in [0.4, 0.5) is 0 Å². The Bertz CT molecular complexity index is 1570. The minimum atomic E-state index is -0.0617. The van der Waals surface area contributed by atoms with E-state index in [0.717, 1.165) is 18.8 Å². The number of aryl methyl sites for hydroxylation is 1. The molecular weight excluding hydrogens is 621 g/mol.